The van der Waals surface area contributed by atoms with Crippen LogP contribution in [-0.4, -0.2) is 14.9 Å². The van der Waals surface area contributed by atoms with Crippen LogP contribution < -0.4 is 0 Å². The van der Waals surface area contributed by atoms with E-state index in [2.05, 4.69) is 9.97 Å². The maximum absolute atomic E-state index is 11.1. The highest BCUT2D eigenvalue weighted by Crippen LogP contribution is 2.35. The normalized spacial score (nSPS) is 10.6. The Kier molecular flexibility index (Phi) is 4.25. The number of rotatable bonds is 3. The number of hydrogen-bond donors (Lipinski definition) is 0. The van der Waals surface area contributed by atoms with Crippen molar-refractivity contribution in [1.29, 1.82) is 0 Å². The Morgan fingerprint density at radius 2 is 1.90 bits per heavy atom. The van der Waals surface area contributed by atoms with Crippen molar-refractivity contribution in [1.82, 2.24) is 9.97 Å². The Balaban J connectivity index is 2.47. The molecule has 0 bridgehead atoms. The van der Waals surface area contributed by atoms with Crippen LogP contribution >= 0.6 is 23.4 Å². The molecule has 1 heterocycles. The lowest BCUT2D eigenvalue weighted by Crippen LogP contribution is -2.00. The molecule has 0 N–H and O–H groups in total. The summed E-state index contributed by atoms with van der Waals surface area (Å²) in [6.45, 7) is 5.56. The summed E-state index contributed by atoms with van der Waals surface area (Å²) in [4.78, 5) is 19.3. The van der Waals surface area contributed by atoms with Gasteiger partial charge in [-0.3, -0.25) is 10.1 Å². The fourth-order valence-corrected chi connectivity index (χ4v) is 2.99. The van der Waals surface area contributed by atoms with E-state index in [1.807, 2.05) is 32.0 Å². The molecule has 2 aromatic rings. The first-order chi connectivity index (χ1) is 9.38. The van der Waals surface area contributed by atoms with Gasteiger partial charge in [0.2, 0.25) is 5.28 Å². The summed E-state index contributed by atoms with van der Waals surface area (Å²) in [5.74, 6) is 0. The molecule has 0 aliphatic carbocycles. The Bertz CT molecular complexity index is 692. The second kappa shape index (κ2) is 5.76. The number of aromatic nitrogens is 2. The van der Waals surface area contributed by atoms with Gasteiger partial charge in [-0.2, -0.15) is 0 Å². The van der Waals surface area contributed by atoms with Crippen LogP contribution in [0.1, 0.15) is 16.8 Å². The van der Waals surface area contributed by atoms with Crippen LogP contribution in [0.4, 0.5) is 5.69 Å². The maximum Gasteiger partial charge on any atom is 0.322 e. The third-order valence-electron chi connectivity index (χ3n) is 2.87. The summed E-state index contributed by atoms with van der Waals surface area (Å²) in [5.41, 5.74) is 2.45. The number of halogens is 1. The highest BCUT2D eigenvalue weighted by Gasteiger charge is 2.22. The first-order valence-electron chi connectivity index (χ1n) is 5.82. The van der Waals surface area contributed by atoms with E-state index in [4.69, 9.17) is 11.6 Å². The lowest BCUT2D eigenvalue weighted by molar-refractivity contribution is -0.389. The minimum atomic E-state index is -0.477. The summed E-state index contributed by atoms with van der Waals surface area (Å²) >= 11 is 7.01. The largest absolute Gasteiger partial charge is 0.322 e. The zero-order chi connectivity index (χ0) is 14.9. The molecule has 0 radical (unpaired) electrons. The number of hydrogen-bond acceptors (Lipinski definition) is 5. The molecule has 0 spiro atoms. The van der Waals surface area contributed by atoms with E-state index in [0.717, 1.165) is 10.5 Å². The van der Waals surface area contributed by atoms with E-state index in [1.54, 1.807) is 6.92 Å². The van der Waals surface area contributed by atoms with Gasteiger partial charge in [0.05, 0.1) is 4.92 Å². The summed E-state index contributed by atoms with van der Waals surface area (Å²) in [6.07, 6.45) is 0. The topological polar surface area (TPSA) is 68.9 Å². The van der Waals surface area contributed by atoms with Crippen LogP contribution in [0, 0.1) is 30.9 Å². The Morgan fingerprint density at radius 1 is 1.20 bits per heavy atom. The van der Waals surface area contributed by atoms with E-state index in [-0.39, 0.29) is 21.7 Å². The molecule has 5 nitrogen and oxygen atoms in total. The molecule has 0 saturated heterocycles. The molecular formula is C13H12ClN3O2S. The zero-order valence-corrected chi connectivity index (χ0v) is 12.7. The average molecular weight is 310 g/mol. The van der Waals surface area contributed by atoms with Gasteiger partial charge in [0.25, 0.3) is 0 Å². The molecule has 0 amide bonds. The molecule has 1 aromatic carbocycles. The highest BCUT2D eigenvalue weighted by molar-refractivity contribution is 7.99. The van der Waals surface area contributed by atoms with Gasteiger partial charge in [0, 0.05) is 4.90 Å². The summed E-state index contributed by atoms with van der Waals surface area (Å²) in [5, 5.41) is 11.4. The van der Waals surface area contributed by atoms with E-state index in [9.17, 15) is 10.1 Å². The predicted octanol–water partition coefficient (Wildman–Crippen LogP) is 4.11. The molecule has 20 heavy (non-hydrogen) atoms. The lowest BCUT2D eigenvalue weighted by atomic mass is 10.1. The SMILES string of the molecule is Cc1ccc(Sc2nc(Cl)nc(C)c2[N+](=O)[O-])cc1C. The van der Waals surface area contributed by atoms with Gasteiger partial charge in [-0.25, -0.2) is 9.97 Å². The van der Waals surface area contributed by atoms with Gasteiger partial charge >= 0.3 is 5.69 Å². The summed E-state index contributed by atoms with van der Waals surface area (Å²) < 4.78 is 0. The molecular weight excluding hydrogens is 298 g/mol. The van der Waals surface area contributed by atoms with Gasteiger partial charge < -0.3 is 0 Å². The first kappa shape index (κ1) is 14.7. The van der Waals surface area contributed by atoms with Crippen molar-refractivity contribution in [2.24, 2.45) is 0 Å². The molecule has 0 aliphatic heterocycles. The first-order valence-corrected chi connectivity index (χ1v) is 7.01. The molecule has 1 aromatic heterocycles. The van der Waals surface area contributed by atoms with Crippen molar-refractivity contribution in [2.45, 2.75) is 30.7 Å². The monoisotopic (exact) mass is 309 g/mol. The lowest BCUT2D eigenvalue weighted by Gasteiger charge is -2.06. The fraction of sp³-hybridized carbons (Fsp3) is 0.231. The Morgan fingerprint density at radius 3 is 2.50 bits per heavy atom. The van der Waals surface area contributed by atoms with Crippen LogP contribution in [0.15, 0.2) is 28.1 Å². The van der Waals surface area contributed by atoms with Crippen molar-refractivity contribution in [3.05, 3.63) is 50.4 Å². The third kappa shape index (κ3) is 3.08. The van der Waals surface area contributed by atoms with E-state index in [0.29, 0.717) is 0 Å². The van der Waals surface area contributed by atoms with E-state index in [1.165, 1.54) is 17.3 Å². The van der Waals surface area contributed by atoms with Gasteiger partial charge in [0.1, 0.15) is 5.69 Å². The second-order valence-electron chi connectivity index (χ2n) is 4.34. The van der Waals surface area contributed by atoms with Crippen molar-refractivity contribution < 1.29 is 4.92 Å². The Hall–Kier alpha value is -1.66. The molecule has 0 fully saturated rings. The smallest absolute Gasteiger partial charge is 0.258 e. The second-order valence-corrected chi connectivity index (χ2v) is 5.74. The van der Waals surface area contributed by atoms with Crippen LogP contribution in [0.3, 0.4) is 0 Å². The molecule has 2 rings (SSSR count). The van der Waals surface area contributed by atoms with Crippen molar-refractivity contribution in [3.63, 3.8) is 0 Å². The van der Waals surface area contributed by atoms with E-state index >= 15 is 0 Å². The van der Waals surface area contributed by atoms with Crippen LogP contribution in [0.25, 0.3) is 0 Å². The van der Waals surface area contributed by atoms with Gasteiger partial charge in [0.15, 0.2) is 5.03 Å². The Labute approximate surface area is 125 Å². The van der Waals surface area contributed by atoms with E-state index < -0.39 is 4.92 Å². The van der Waals surface area contributed by atoms with Gasteiger partial charge in [-0.15, -0.1) is 0 Å². The molecule has 0 unspecified atom stereocenters. The number of aryl methyl sites for hydroxylation is 3. The van der Waals surface area contributed by atoms with Crippen LogP contribution in [0.5, 0.6) is 0 Å². The highest BCUT2D eigenvalue weighted by atomic mass is 35.5. The van der Waals surface area contributed by atoms with Crippen LogP contribution in [-0.2, 0) is 0 Å². The number of benzene rings is 1. The van der Waals surface area contributed by atoms with Gasteiger partial charge in [-0.05, 0) is 55.6 Å². The maximum atomic E-state index is 11.1. The molecule has 104 valence electrons. The standard InChI is InChI=1S/C13H12ClN3O2S/c1-7-4-5-10(6-8(7)2)20-12-11(17(18)19)9(3)15-13(14)16-12/h4-6H,1-3H3. The molecule has 7 heteroatoms. The minimum absolute atomic E-state index is 0.0134. The molecule has 0 aliphatic rings. The predicted molar refractivity (Wildman–Crippen MR) is 78.5 cm³/mol. The van der Waals surface area contributed by atoms with Crippen LogP contribution in [0.2, 0.25) is 5.28 Å². The third-order valence-corrected chi connectivity index (χ3v) is 4.01. The van der Waals surface area contributed by atoms with Crippen molar-refractivity contribution in [2.75, 3.05) is 0 Å². The van der Waals surface area contributed by atoms with Crippen molar-refractivity contribution >= 4 is 29.1 Å². The summed E-state index contributed by atoms with van der Waals surface area (Å²) in [7, 11) is 0. The summed E-state index contributed by atoms with van der Waals surface area (Å²) in [6, 6.07) is 5.84. The quantitative estimate of drug-likeness (QED) is 0.369. The van der Waals surface area contributed by atoms with Gasteiger partial charge in [-0.1, -0.05) is 17.8 Å². The number of nitro groups is 1. The molecule has 0 atom stereocenters. The van der Waals surface area contributed by atoms with Crippen molar-refractivity contribution in [3.8, 4) is 0 Å². The molecule has 0 saturated carbocycles. The zero-order valence-electron chi connectivity index (χ0n) is 11.2. The average Bonchev–Trinajstić information content (AvgIpc) is 2.32. The minimum Gasteiger partial charge on any atom is -0.258 e. The fourth-order valence-electron chi connectivity index (χ4n) is 1.68. The number of nitrogens with zero attached hydrogens (tertiary/aromatic N) is 3.